The summed E-state index contributed by atoms with van der Waals surface area (Å²) in [4.78, 5) is 0. The summed E-state index contributed by atoms with van der Waals surface area (Å²) in [5, 5.41) is 0.823. The molecule has 0 aromatic heterocycles. The lowest BCUT2D eigenvalue weighted by Gasteiger charge is -2.20. The summed E-state index contributed by atoms with van der Waals surface area (Å²) < 4.78 is 5.84. The number of rotatable bonds is 3. The van der Waals surface area contributed by atoms with Gasteiger partial charge in [0, 0.05) is 5.02 Å². The van der Waals surface area contributed by atoms with E-state index in [1.54, 1.807) is 0 Å². The molecule has 1 aliphatic carbocycles. The van der Waals surface area contributed by atoms with E-state index in [1.807, 2.05) is 12.1 Å². The zero-order chi connectivity index (χ0) is 11.9. The van der Waals surface area contributed by atoms with Crippen molar-refractivity contribution in [3.8, 4) is 0 Å². The second-order valence-corrected chi connectivity index (χ2v) is 5.89. The Bertz CT molecular complexity index is 394. The Labute approximate surface area is 108 Å². The largest absolute Gasteiger partial charge is 0.369 e. The van der Waals surface area contributed by atoms with Crippen molar-refractivity contribution in [1.82, 2.24) is 0 Å². The number of benzene rings is 1. The molecule has 1 saturated carbocycles. The second-order valence-electron chi connectivity index (χ2n) is 5.45. The van der Waals surface area contributed by atoms with Crippen LogP contribution in [0.4, 0.5) is 0 Å². The summed E-state index contributed by atoms with van der Waals surface area (Å²) >= 11 is 5.92. The summed E-state index contributed by atoms with van der Waals surface area (Å²) in [6, 6.07) is 8.28. The van der Waals surface area contributed by atoms with E-state index in [0.29, 0.717) is 5.92 Å². The fourth-order valence-corrected chi connectivity index (χ4v) is 3.63. The maximum Gasteiger partial charge on any atom is 0.0975 e. The number of epoxide rings is 1. The molecule has 1 spiro atoms. The Hall–Kier alpha value is -0.530. The van der Waals surface area contributed by atoms with Crippen LogP contribution in [0, 0.1) is 11.8 Å². The predicted molar refractivity (Wildman–Crippen MR) is 70.3 cm³/mol. The van der Waals surface area contributed by atoms with Gasteiger partial charge in [-0.3, -0.25) is 0 Å². The van der Waals surface area contributed by atoms with Crippen LogP contribution >= 0.6 is 11.6 Å². The standard InChI is InChI=1S/C15H19ClO/c1-2-12-5-6-13(15(12)10-17-15)9-11-3-7-14(16)8-4-11/h3-4,7-8,12-13H,2,5-6,9-10H2,1H3. The smallest absolute Gasteiger partial charge is 0.0975 e. The summed E-state index contributed by atoms with van der Waals surface area (Å²) in [5.74, 6) is 1.51. The van der Waals surface area contributed by atoms with Gasteiger partial charge in [-0.05, 0) is 48.8 Å². The highest BCUT2D eigenvalue weighted by Crippen LogP contribution is 2.54. The van der Waals surface area contributed by atoms with E-state index in [-0.39, 0.29) is 5.60 Å². The highest BCUT2D eigenvalue weighted by Gasteiger charge is 2.59. The van der Waals surface area contributed by atoms with Gasteiger partial charge in [0.1, 0.15) is 0 Å². The summed E-state index contributed by atoms with van der Waals surface area (Å²) in [5.41, 5.74) is 1.64. The molecule has 0 bridgehead atoms. The molecular weight excluding hydrogens is 232 g/mol. The van der Waals surface area contributed by atoms with Crippen LogP contribution in [0.3, 0.4) is 0 Å². The van der Waals surface area contributed by atoms with Crippen molar-refractivity contribution >= 4 is 11.6 Å². The third-order valence-corrected chi connectivity index (χ3v) is 4.86. The third kappa shape index (κ3) is 2.00. The minimum atomic E-state index is 0.244. The van der Waals surface area contributed by atoms with E-state index in [1.165, 1.54) is 24.8 Å². The van der Waals surface area contributed by atoms with Crippen LogP contribution in [-0.2, 0) is 11.2 Å². The fraction of sp³-hybridized carbons (Fsp3) is 0.600. The minimum Gasteiger partial charge on any atom is -0.369 e. The van der Waals surface area contributed by atoms with Crippen LogP contribution in [0.15, 0.2) is 24.3 Å². The van der Waals surface area contributed by atoms with Crippen LogP contribution in [-0.4, -0.2) is 12.2 Å². The van der Waals surface area contributed by atoms with Crippen LogP contribution in [0.2, 0.25) is 5.02 Å². The van der Waals surface area contributed by atoms with E-state index >= 15 is 0 Å². The van der Waals surface area contributed by atoms with E-state index in [4.69, 9.17) is 16.3 Å². The van der Waals surface area contributed by atoms with E-state index in [0.717, 1.165) is 24.0 Å². The number of hydrogen-bond acceptors (Lipinski definition) is 1. The minimum absolute atomic E-state index is 0.244. The van der Waals surface area contributed by atoms with Gasteiger partial charge in [0.05, 0.1) is 12.2 Å². The van der Waals surface area contributed by atoms with Gasteiger partial charge in [-0.2, -0.15) is 0 Å². The Morgan fingerprint density at radius 2 is 1.88 bits per heavy atom. The Balaban J connectivity index is 1.72. The first-order valence-electron chi connectivity index (χ1n) is 6.63. The van der Waals surface area contributed by atoms with Gasteiger partial charge in [-0.25, -0.2) is 0 Å². The molecule has 2 fully saturated rings. The monoisotopic (exact) mass is 250 g/mol. The molecule has 1 aliphatic heterocycles. The SMILES string of the molecule is CCC1CCC(Cc2ccc(Cl)cc2)C12CO2. The number of ether oxygens (including phenoxy) is 1. The zero-order valence-corrected chi connectivity index (χ0v) is 11.0. The molecule has 1 saturated heterocycles. The van der Waals surface area contributed by atoms with Crippen molar-refractivity contribution < 1.29 is 4.74 Å². The first-order chi connectivity index (χ1) is 8.24. The average molecular weight is 251 g/mol. The van der Waals surface area contributed by atoms with Crippen molar-refractivity contribution in [2.75, 3.05) is 6.61 Å². The van der Waals surface area contributed by atoms with Crippen LogP contribution in [0.1, 0.15) is 31.7 Å². The molecule has 0 N–H and O–H groups in total. The maximum absolute atomic E-state index is 5.92. The molecule has 2 heteroatoms. The molecule has 0 amide bonds. The number of hydrogen-bond donors (Lipinski definition) is 0. The zero-order valence-electron chi connectivity index (χ0n) is 10.3. The topological polar surface area (TPSA) is 12.5 Å². The quantitative estimate of drug-likeness (QED) is 0.737. The predicted octanol–water partition coefficient (Wildman–Crippen LogP) is 4.09. The van der Waals surface area contributed by atoms with E-state index in [2.05, 4.69) is 19.1 Å². The molecular formula is C15H19ClO. The molecule has 17 heavy (non-hydrogen) atoms. The lowest BCUT2D eigenvalue weighted by atomic mass is 9.85. The molecule has 2 aliphatic rings. The molecule has 0 radical (unpaired) electrons. The third-order valence-electron chi connectivity index (χ3n) is 4.61. The second kappa shape index (κ2) is 4.29. The highest BCUT2D eigenvalue weighted by molar-refractivity contribution is 6.30. The lowest BCUT2D eigenvalue weighted by molar-refractivity contribution is 0.192. The van der Waals surface area contributed by atoms with Crippen LogP contribution < -0.4 is 0 Å². The number of halogens is 1. The first kappa shape index (κ1) is 11.6. The normalized spacial score (nSPS) is 35.4. The summed E-state index contributed by atoms with van der Waals surface area (Å²) in [6.45, 7) is 3.28. The first-order valence-corrected chi connectivity index (χ1v) is 7.01. The van der Waals surface area contributed by atoms with Gasteiger partial charge in [-0.15, -0.1) is 0 Å². The van der Waals surface area contributed by atoms with Crippen molar-refractivity contribution in [3.05, 3.63) is 34.9 Å². The van der Waals surface area contributed by atoms with Gasteiger partial charge in [0.25, 0.3) is 0 Å². The van der Waals surface area contributed by atoms with Gasteiger partial charge >= 0.3 is 0 Å². The fourth-order valence-electron chi connectivity index (χ4n) is 3.51. The molecule has 1 aromatic rings. The van der Waals surface area contributed by atoms with Crippen molar-refractivity contribution in [1.29, 1.82) is 0 Å². The Morgan fingerprint density at radius 3 is 2.47 bits per heavy atom. The van der Waals surface area contributed by atoms with E-state index < -0.39 is 0 Å². The van der Waals surface area contributed by atoms with Gasteiger partial charge < -0.3 is 4.74 Å². The maximum atomic E-state index is 5.92. The molecule has 1 nitrogen and oxygen atoms in total. The highest BCUT2D eigenvalue weighted by atomic mass is 35.5. The van der Waals surface area contributed by atoms with Crippen molar-refractivity contribution in [3.63, 3.8) is 0 Å². The van der Waals surface area contributed by atoms with Crippen molar-refractivity contribution in [2.45, 2.75) is 38.2 Å². The lowest BCUT2D eigenvalue weighted by Crippen LogP contribution is -2.26. The van der Waals surface area contributed by atoms with Gasteiger partial charge in [-0.1, -0.05) is 37.1 Å². The summed E-state index contributed by atoms with van der Waals surface area (Å²) in [7, 11) is 0. The molecule has 1 aromatic carbocycles. The Kier molecular flexibility index (Phi) is 2.92. The average Bonchev–Trinajstić information content (AvgIpc) is 3.04. The molecule has 3 unspecified atom stereocenters. The van der Waals surface area contributed by atoms with Gasteiger partial charge in [0.2, 0.25) is 0 Å². The Morgan fingerprint density at radius 1 is 1.24 bits per heavy atom. The van der Waals surface area contributed by atoms with Crippen molar-refractivity contribution in [2.24, 2.45) is 11.8 Å². The molecule has 3 atom stereocenters. The summed E-state index contributed by atoms with van der Waals surface area (Å²) in [6.07, 6.45) is 5.07. The molecule has 3 rings (SSSR count). The van der Waals surface area contributed by atoms with Crippen LogP contribution in [0.25, 0.3) is 0 Å². The molecule has 1 heterocycles. The molecule has 92 valence electrons. The van der Waals surface area contributed by atoms with Gasteiger partial charge in [0.15, 0.2) is 0 Å². The van der Waals surface area contributed by atoms with Crippen LogP contribution in [0.5, 0.6) is 0 Å². The van der Waals surface area contributed by atoms with E-state index in [9.17, 15) is 0 Å².